The lowest BCUT2D eigenvalue weighted by atomic mass is 9.84. The molecule has 4 rings (SSSR count). The monoisotopic (exact) mass is 272 g/mol. The van der Waals surface area contributed by atoms with Gasteiger partial charge >= 0.3 is 0 Å². The van der Waals surface area contributed by atoms with Crippen molar-refractivity contribution >= 4 is 5.84 Å². The van der Waals surface area contributed by atoms with Crippen LogP contribution in [-0.2, 0) is 0 Å². The molecule has 0 spiro atoms. The second-order valence-electron chi connectivity index (χ2n) is 5.87. The Morgan fingerprint density at radius 3 is 2.70 bits per heavy atom. The van der Waals surface area contributed by atoms with E-state index >= 15 is 0 Å². The van der Waals surface area contributed by atoms with Gasteiger partial charge in [-0.15, -0.1) is 0 Å². The van der Waals surface area contributed by atoms with E-state index in [2.05, 4.69) is 10.3 Å². The molecule has 3 aliphatic rings. The summed E-state index contributed by atoms with van der Waals surface area (Å²) < 4.78 is 12.5. The van der Waals surface area contributed by atoms with E-state index in [0.29, 0.717) is 12.5 Å². The Bertz CT molecular complexity index is 537. The third kappa shape index (κ3) is 1.78. The molecular weight excluding hydrogens is 252 g/mol. The largest absolute Gasteiger partial charge is 0.485 e. The standard InChI is InChI=1S/C16H20N2O2/c1-2-6-12(5-1)16(15-17-9-10-18-15)11-19-13-7-3-4-8-14(13)20-16/h3-4,7-8,12H,1-2,5-6,9-11H2,(H,17,18). The van der Waals surface area contributed by atoms with Crippen LogP contribution >= 0.6 is 0 Å². The van der Waals surface area contributed by atoms with Crippen LogP contribution in [0.25, 0.3) is 0 Å². The first-order valence-electron chi connectivity index (χ1n) is 7.58. The van der Waals surface area contributed by atoms with E-state index in [-0.39, 0.29) is 0 Å². The van der Waals surface area contributed by atoms with E-state index in [1.807, 2.05) is 24.3 Å². The average molecular weight is 272 g/mol. The van der Waals surface area contributed by atoms with Gasteiger partial charge in [0.25, 0.3) is 0 Å². The van der Waals surface area contributed by atoms with Crippen LogP contribution in [0.2, 0.25) is 0 Å². The number of hydrogen-bond acceptors (Lipinski definition) is 4. The fourth-order valence-electron chi connectivity index (χ4n) is 3.65. The molecule has 0 aromatic heterocycles. The number of rotatable bonds is 2. The first-order chi connectivity index (χ1) is 9.88. The maximum absolute atomic E-state index is 6.47. The molecule has 0 radical (unpaired) electrons. The minimum absolute atomic E-state index is 0.401. The highest BCUT2D eigenvalue weighted by Gasteiger charge is 2.50. The predicted octanol–water partition coefficient (Wildman–Crippen LogP) is 2.39. The third-order valence-electron chi connectivity index (χ3n) is 4.67. The van der Waals surface area contributed by atoms with Gasteiger partial charge in [0.1, 0.15) is 12.4 Å². The summed E-state index contributed by atoms with van der Waals surface area (Å²) in [7, 11) is 0. The summed E-state index contributed by atoms with van der Waals surface area (Å²) in [6.07, 6.45) is 4.97. The van der Waals surface area contributed by atoms with E-state index in [1.165, 1.54) is 25.7 Å². The maximum Gasteiger partial charge on any atom is 0.202 e. The molecule has 1 N–H and O–H groups in total. The molecule has 0 saturated heterocycles. The number of nitrogens with one attached hydrogen (secondary N) is 1. The lowest BCUT2D eigenvalue weighted by Crippen LogP contribution is -2.59. The van der Waals surface area contributed by atoms with Crippen molar-refractivity contribution in [3.8, 4) is 11.5 Å². The number of para-hydroxylation sites is 2. The highest BCUT2D eigenvalue weighted by Crippen LogP contribution is 2.43. The lowest BCUT2D eigenvalue weighted by molar-refractivity contribution is 0.000210. The predicted molar refractivity (Wildman–Crippen MR) is 77.6 cm³/mol. The molecule has 4 nitrogen and oxygen atoms in total. The molecule has 1 aliphatic carbocycles. The van der Waals surface area contributed by atoms with Crippen LogP contribution in [0.4, 0.5) is 0 Å². The first-order valence-corrected chi connectivity index (χ1v) is 7.58. The van der Waals surface area contributed by atoms with Gasteiger partial charge in [0, 0.05) is 12.5 Å². The number of aliphatic imine (C=N–C) groups is 1. The van der Waals surface area contributed by atoms with Crippen LogP contribution in [0.1, 0.15) is 25.7 Å². The van der Waals surface area contributed by atoms with Crippen molar-refractivity contribution in [2.75, 3.05) is 19.7 Å². The quantitative estimate of drug-likeness (QED) is 0.899. The average Bonchev–Trinajstić information content (AvgIpc) is 3.20. The molecule has 4 heteroatoms. The summed E-state index contributed by atoms with van der Waals surface area (Å²) in [6, 6.07) is 7.94. The second kappa shape index (κ2) is 4.69. The summed E-state index contributed by atoms with van der Waals surface area (Å²) in [5.74, 6) is 3.20. The molecule has 2 aliphatic heterocycles. The molecule has 1 atom stereocenters. The normalized spacial score (nSPS) is 29.1. The summed E-state index contributed by atoms with van der Waals surface area (Å²) >= 11 is 0. The molecule has 1 aromatic carbocycles. The van der Waals surface area contributed by atoms with Crippen molar-refractivity contribution in [1.82, 2.24) is 5.32 Å². The van der Waals surface area contributed by atoms with E-state index in [0.717, 1.165) is 30.4 Å². The summed E-state index contributed by atoms with van der Waals surface area (Å²) in [5, 5.41) is 3.42. The van der Waals surface area contributed by atoms with Crippen LogP contribution in [0.5, 0.6) is 11.5 Å². The van der Waals surface area contributed by atoms with Gasteiger partial charge in [-0.3, -0.25) is 4.99 Å². The molecule has 1 saturated carbocycles. The summed E-state index contributed by atoms with van der Waals surface area (Å²) in [5.41, 5.74) is -0.401. The number of ether oxygens (including phenoxy) is 2. The van der Waals surface area contributed by atoms with Gasteiger partial charge in [0.15, 0.2) is 11.5 Å². The van der Waals surface area contributed by atoms with E-state index < -0.39 is 5.60 Å². The van der Waals surface area contributed by atoms with E-state index in [1.54, 1.807) is 0 Å². The summed E-state index contributed by atoms with van der Waals surface area (Å²) in [4.78, 5) is 4.65. The van der Waals surface area contributed by atoms with Gasteiger partial charge in [0.05, 0.1) is 6.54 Å². The lowest BCUT2D eigenvalue weighted by Gasteiger charge is -2.42. The van der Waals surface area contributed by atoms with Gasteiger partial charge < -0.3 is 14.8 Å². The Kier molecular flexibility index (Phi) is 2.83. The molecule has 1 aromatic rings. The molecule has 1 fully saturated rings. The molecular formula is C16H20N2O2. The Morgan fingerprint density at radius 1 is 1.15 bits per heavy atom. The number of nitrogens with zero attached hydrogens (tertiary/aromatic N) is 1. The minimum atomic E-state index is -0.401. The van der Waals surface area contributed by atoms with Gasteiger partial charge in [-0.2, -0.15) is 0 Å². The van der Waals surface area contributed by atoms with Crippen molar-refractivity contribution in [2.24, 2.45) is 10.9 Å². The zero-order chi connectivity index (χ0) is 13.4. The van der Waals surface area contributed by atoms with Gasteiger partial charge in [-0.1, -0.05) is 25.0 Å². The Hall–Kier alpha value is -1.71. The van der Waals surface area contributed by atoms with Crippen LogP contribution in [0.3, 0.4) is 0 Å². The van der Waals surface area contributed by atoms with Crippen molar-refractivity contribution in [1.29, 1.82) is 0 Å². The molecule has 0 amide bonds. The highest BCUT2D eigenvalue weighted by atomic mass is 16.6. The van der Waals surface area contributed by atoms with Gasteiger partial charge in [-0.25, -0.2) is 0 Å². The fourth-order valence-corrected chi connectivity index (χ4v) is 3.65. The van der Waals surface area contributed by atoms with Crippen molar-refractivity contribution in [2.45, 2.75) is 31.3 Å². The van der Waals surface area contributed by atoms with Crippen molar-refractivity contribution in [3.05, 3.63) is 24.3 Å². The van der Waals surface area contributed by atoms with E-state index in [9.17, 15) is 0 Å². The highest BCUT2D eigenvalue weighted by molar-refractivity contribution is 5.93. The molecule has 106 valence electrons. The maximum atomic E-state index is 6.47. The molecule has 0 bridgehead atoms. The van der Waals surface area contributed by atoms with Gasteiger partial charge in [0.2, 0.25) is 5.60 Å². The number of hydrogen-bond donors (Lipinski definition) is 1. The minimum Gasteiger partial charge on any atom is -0.485 e. The Labute approximate surface area is 119 Å². The zero-order valence-corrected chi connectivity index (χ0v) is 11.6. The Balaban J connectivity index is 1.73. The van der Waals surface area contributed by atoms with Crippen molar-refractivity contribution < 1.29 is 9.47 Å². The van der Waals surface area contributed by atoms with Crippen LogP contribution in [0.15, 0.2) is 29.3 Å². The van der Waals surface area contributed by atoms with Gasteiger partial charge in [-0.05, 0) is 25.0 Å². The number of benzene rings is 1. The van der Waals surface area contributed by atoms with Crippen LogP contribution in [-0.4, -0.2) is 31.1 Å². The zero-order valence-electron chi connectivity index (χ0n) is 11.6. The number of amidine groups is 1. The fraction of sp³-hybridized carbons (Fsp3) is 0.562. The SMILES string of the molecule is c1ccc2c(c1)OCC(C1=NCCN1)(C1CCCC1)O2. The summed E-state index contributed by atoms with van der Waals surface area (Å²) in [6.45, 7) is 2.32. The Morgan fingerprint density at radius 2 is 1.95 bits per heavy atom. The molecule has 1 unspecified atom stereocenters. The van der Waals surface area contributed by atoms with Crippen molar-refractivity contribution in [3.63, 3.8) is 0 Å². The molecule has 20 heavy (non-hydrogen) atoms. The topological polar surface area (TPSA) is 42.8 Å². The number of fused-ring (bicyclic) bond motifs is 1. The van der Waals surface area contributed by atoms with E-state index in [4.69, 9.17) is 9.47 Å². The smallest absolute Gasteiger partial charge is 0.202 e. The third-order valence-corrected chi connectivity index (χ3v) is 4.67. The molecule has 2 heterocycles. The second-order valence-corrected chi connectivity index (χ2v) is 5.87. The van der Waals surface area contributed by atoms with Crippen LogP contribution < -0.4 is 14.8 Å². The van der Waals surface area contributed by atoms with Crippen LogP contribution in [0, 0.1) is 5.92 Å². The first kappa shape index (κ1) is 12.1.